The normalized spacial score (nSPS) is 15.1. The van der Waals surface area contributed by atoms with Crippen molar-refractivity contribution >= 4 is 82.0 Å². The topological polar surface area (TPSA) is 17.3 Å². The third kappa shape index (κ3) is 4.84. The van der Waals surface area contributed by atoms with Crippen molar-refractivity contribution in [2.75, 3.05) is 0 Å². The highest BCUT2D eigenvalue weighted by Gasteiger charge is 2.40. The van der Waals surface area contributed by atoms with E-state index < -0.39 is 0 Å². The number of hydrogen-bond acceptors (Lipinski definition) is 1. The van der Waals surface area contributed by atoms with Gasteiger partial charge in [0.1, 0.15) is 5.84 Å². The van der Waals surface area contributed by atoms with E-state index in [0.717, 1.165) is 24.4 Å². The highest BCUT2D eigenvalue weighted by Crippen LogP contribution is 2.52. The van der Waals surface area contributed by atoms with Gasteiger partial charge in [0.25, 0.3) is 0 Å². The van der Waals surface area contributed by atoms with Crippen molar-refractivity contribution in [1.82, 2.24) is 4.57 Å². The fraction of sp³-hybridized carbons (Fsp3) is 0.105. The van der Waals surface area contributed by atoms with Gasteiger partial charge in [-0.05, 0) is 90.5 Å². The molecule has 0 saturated carbocycles. The Hall–Kier alpha value is -7.03. The van der Waals surface area contributed by atoms with Crippen molar-refractivity contribution in [3.8, 4) is 11.1 Å². The van der Waals surface area contributed by atoms with E-state index in [1.54, 1.807) is 0 Å². The molecule has 10 aromatic rings. The lowest BCUT2D eigenvalue weighted by atomic mass is 9.78. The molecule has 0 spiro atoms. The average molecular weight is 755 g/mol. The second-order valence-corrected chi connectivity index (χ2v) is 16.9. The summed E-state index contributed by atoms with van der Waals surface area (Å²) in [7, 11) is 0. The van der Waals surface area contributed by atoms with E-state index in [-0.39, 0.29) is 5.41 Å². The van der Waals surface area contributed by atoms with Crippen molar-refractivity contribution in [2.24, 2.45) is 4.99 Å². The lowest BCUT2D eigenvalue weighted by Gasteiger charge is -2.26. The predicted molar refractivity (Wildman–Crippen MR) is 252 cm³/mol. The molecule has 0 saturated heterocycles. The Morgan fingerprint density at radius 2 is 1.05 bits per heavy atom. The van der Waals surface area contributed by atoms with Crippen LogP contribution in [0.4, 0.5) is 0 Å². The Labute approximate surface area is 344 Å². The molecule has 59 heavy (non-hydrogen) atoms. The highest BCUT2D eigenvalue weighted by molar-refractivity contribution is 6.41. The van der Waals surface area contributed by atoms with Gasteiger partial charge < -0.3 is 0 Å². The average Bonchev–Trinajstić information content (AvgIpc) is 3.65. The summed E-state index contributed by atoms with van der Waals surface area (Å²) in [5.41, 5.74) is 13.6. The first-order valence-corrected chi connectivity index (χ1v) is 21.0. The Bertz CT molecular complexity index is 3460. The van der Waals surface area contributed by atoms with Gasteiger partial charge in [0.2, 0.25) is 0 Å². The zero-order valence-corrected chi connectivity index (χ0v) is 33.6. The van der Waals surface area contributed by atoms with E-state index in [4.69, 9.17) is 4.99 Å². The van der Waals surface area contributed by atoms with E-state index in [1.807, 2.05) is 0 Å². The number of hydrogen-bond donors (Lipinski definition) is 0. The van der Waals surface area contributed by atoms with Crippen LogP contribution in [-0.4, -0.2) is 10.4 Å². The number of rotatable bonds is 3. The van der Waals surface area contributed by atoms with Gasteiger partial charge in [0, 0.05) is 32.7 Å². The summed E-state index contributed by atoms with van der Waals surface area (Å²) in [6, 6.07) is 65.1. The summed E-state index contributed by atoms with van der Waals surface area (Å²) in [5, 5.41) is 12.7. The molecule has 1 aliphatic carbocycles. The smallest absolute Gasteiger partial charge is 0.146 e. The molecular formula is C57H42N2. The minimum absolute atomic E-state index is 0.152. The summed E-state index contributed by atoms with van der Waals surface area (Å²) in [5.74, 6) is 0.992. The molecule has 0 unspecified atom stereocenters. The number of benzene rings is 9. The molecule has 1 aromatic heterocycles. The molecule has 0 amide bonds. The van der Waals surface area contributed by atoms with Crippen molar-refractivity contribution in [1.29, 1.82) is 0 Å². The maximum absolute atomic E-state index is 6.03. The van der Waals surface area contributed by atoms with Crippen molar-refractivity contribution in [3.05, 3.63) is 204 Å². The summed E-state index contributed by atoms with van der Waals surface area (Å²) in [6.45, 7) is 7.12. The fourth-order valence-corrected chi connectivity index (χ4v) is 10.7. The molecule has 0 atom stereocenters. The maximum atomic E-state index is 6.03. The molecule has 280 valence electrons. The van der Waals surface area contributed by atoms with Crippen LogP contribution < -0.4 is 0 Å². The molecule has 2 heteroatoms. The van der Waals surface area contributed by atoms with Gasteiger partial charge in [0.15, 0.2) is 0 Å². The molecule has 0 fully saturated rings. The number of fused-ring (bicyclic) bond motifs is 14. The molecule has 2 heterocycles. The number of nitrogens with zero attached hydrogens (tertiary/aromatic N) is 2. The molecule has 12 rings (SSSR count). The number of aromatic nitrogens is 1. The van der Waals surface area contributed by atoms with Gasteiger partial charge in [-0.3, -0.25) is 4.57 Å². The summed E-state index contributed by atoms with van der Waals surface area (Å²) >= 11 is 0. The molecular weight excluding hydrogens is 713 g/mol. The highest BCUT2D eigenvalue weighted by atomic mass is 15.1. The van der Waals surface area contributed by atoms with E-state index in [2.05, 4.69) is 201 Å². The lowest BCUT2D eigenvalue weighted by molar-refractivity contribution is 0.619. The summed E-state index contributed by atoms with van der Waals surface area (Å²) in [6.07, 6.45) is 1.79. The third-order valence-electron chi connectivity index (χ3n) is 13.5. The third-order valence-corrected chi connectivity index (χ3v) is 13.5. The lowest BCUT2D eigenvalue weighted by Crippen LogP contribution is -2.18. The van der Waals surface area contributed by atoms with E-state index in [0.29, 0.717) is 0 Å². The Morgan fingerprint density at radius 3 is 1.80 bits per heavy atom. The monoisotopic (exact) mass is 754 g/mol. The second-order valence-electron chi connectivity index (χ2n) is 16.9. The second kappa shape index (κ2) is 12.7. The SMILES string of the molecule is CCC1=C(c2ccc(-c3ccccc3)cc2)C(n2c3ccc4ccccc4c3c3c4c5ccccc5c5ccccc5c4ccc32)=NC2=C(C1)C(C)(C)c1ccccc12. The first-order chi connectivity index (χ1) is 29.0. The van der Waals surface area contributed by atoms with Crippen LogP contribution in [0.25, 0.3) is 87.3 Å². The maximum Gasteiger partial charge on any atom is 0.146 e. The van der Waals surface area contributed by atoms with E-state index >= 15 is 0 Å². The van der Waals surface area contributed by atoms with Gasteiger partial charge in [-0.15, -0.1) is 0 Å². The molecule has 0 radical (unpaired) electrons. The van der Waals surface area contributed by atoms with Gasteiger partial charge in [-0.1, -0.05) is 190 Å². The zero-order valence-electron chi connectivity index (χ0n) is 33.6. The molecule has 0 bridgehead atoms. The number of aliphatic imine (C=N–C) groups is 1. The molecule has 0 N–H and O–H groups in total. The van der Waals surface area contributed by atoms with Crippen molar-refractivity contribution in [3.63, 3.8) is 0 Å². The molecule has 9 aromatic carbocycles. The quantitative estimate of drug-likeness (QED) is 0.160. The Morgan fingerprint density at radius 1 is 0.492 bits per heavy atom. The first kappa shape index (κ1) is 34.0. The molecule has 2 nitrogen and oxygen atoms in total. The van der Waals surface area contributed by atoms with Crippen LogP contribution in [0.2, 0.25) is 0 Å². The van der Waals surface area contributed by atoms with Crippen LogP contribution in [-0.2, 0) is 5.41 Å². The van der Waals surface area contributed by atoms with Crippen LogP contribution in [0.3, 0.4) is 0 Å². The van der Waals surface area contributed by atoms with Crippen LogP contribution in [0.15, 0.2) is 192 Å². The minimum atomic E-state index is -0.152. The number of allylic oxidation sites excluding steroid dienone is 3. The van der Waals surface area contributed by atoms with Crippen LogP contribution in [0.5, 0.6) is 0 Å². The summed E-state index contributed by atoms with van der Waals surface area (Å²) < 4.78 is 2.53. The zero-order chi connectivity index (χ0) is 39.4. The fourth-order valence-electron chi connectivity index (χ4n) is 10.7. The van der Waals surface area contributed by atoms with Crippen LogP contribution >= 0.6 is 0 Å². The van der Waals surface area contributed by atoms with Gasteiger partial charge in [0.05, 0.1) is 16.7 Å². The molecule has 2 aliphatic rings. The first-order valence-electron chi connectivity index (χ1n) is 21.0. The van der Waals surface area contributed by atoms with E-state index in [9.17, 15) is 0 Å². The standard InChI is InChI=1S/C57H42N2/c1-4-35-34-48-55(46-24-14-15-25-47(46)57(48,2)3)58-56(51(35)39-28-26-37(27-29-39)36-16-6-5-7-17-36)59-49-32-30-38-18-8-9-19-40(38)53(49)54-50(59)33-31-45-43-22-11-10-20-41(43)42-21-12-13-23-44(42)52(45)54/h5-33H,4,34H2,1-3H3. The van der Waals surface area contributed by atoms with Gasteiger partial charge >= 0.3 is 0 Å². The van der Waals surface area contributed by atoms with Crippen molar-refractivity contribution < 1.29 is 0 Å². The van der Waals surface area contributed by atoms with E-state index in [1.165, 1.54) is 109 Å². The van der Waals surface area contributed by atoms with Crippen LogP contribution in [0.1, 0.15) is 50.3 Å². The van der Waals surface area contributed by atoms with Crippen molar-refractivity contribution in [2.45, 2.75) is 39.0 Å². The summed E-state index contributed by atoms with van der Waals surface area (Å²) in [4.78, 5) is 6.03. The van der Waals surface area contributed by atoms with Crippen LogP contribution in [0, 0.1) is 0 Å². The predicted octanol–water partition coefficient (Wildman–Crippen LogP) is 15.3. The Balaban J connectivity index is 1.26. The van der Waals surface area contributed by atoms with Gasteiger partial charge in [-0.25, -0.2) is 4.99 Å². The largest absolute Gasteiger partial charge is 0.293 e. The van der Waals surface area contributed by atoms with Gasteiger partial charge in [-0.2, -0.15) is 0 Å². The Kier molecular flexibility index (Phi) is 7.35. The minimum Gasteiger partial charge on any atom is -0.293 e. The molecule has 1 aliphatic heterocycles.